The Balaban J connectivity index is 1.50. The molecule has 1 unspecified atom stereocenters. The number of carbonyl (C=O) groups excluding carboxylic acids is 1. The molecule has 1 aromatic heterocycles. The van der Waals surface area contributed by atoms with Crippen LogP contribution in [0.25, 0.3) is 11.1 Å². The van der Waals surface area contributed by atoms with Crippen LogP contribution in [-0.2, 0) is 11.3 Å². The number of methoxy groups -OCH3 is 1. The highest BCUT2D eigenvalue weighted by atomic mass is 19.2. The van der Waals surface area contributed by atoms with Gasteiger partial charge < -0.3 is 14.4 Å². The van der Waals surface area contributed by atoms with Crippen molar-refractivity contribution >= 4 is 11.9 Å². The molecule has 0 radical (unpaired) electrons. The summed E-state index contributed by atoms with van der Waals surface area (Å²) >= 11 is 0. The zero-order valence-corrected chi connectivity index (χ0v) is 19.0. The molecule has 34 heavy (non-hydrogen) atoms. The summed E-state index contributed by atoms with van der Waals surface area (Å²) in [5.74, 6) is -0.344. The van der Waals surface area contributed by atoms with E-state index >= 15 is 0 Å². The summed E-state index contributed by atoms with van der Waals surface area (Å²) in [6, 6.07) is 14.8. The molecule has 3 heterocycles. The first kappa shape index (κ1) is 22.1. The van der Waals surface area contributed by atoms with Crippen molar-refractivity contribution in [2.45, 2.75) is 32.0 Å². The van der Waals surface area contributed by atoms with Crippen LogP contribution in [0.4, 0.5) is 19.4 Å². The van der Waals surface area contributed by atoms with E-state index in [4.69, 9.17) is 14.5 Å². The first-order valence-electron chi connectivity index (χ1n) is 11.3. The van der Waals surface area contributed by atoms with Crippen LogP contribution < -0.4 is 9.64 Å². The molecule has 6 nitrogen and oxygen atoms in total. The summed E-state index contributed by atoms with van der Waals surface area (Å²) in [5, 5.41) is 0. The van der Waals surface area contributed by atoms with E-state index in [1.54, 1.807) is 12.0 Å². The van der Waals surface area contributed by atoms with Crippen molar-refractivity contribution in [2.24, 2.45) is 0 Å². The number of benzene rings is 2. The smallest absolute Gasteiger partial charge is 0.411 e. The van der Waals surface area contributed by atoms with Crippen molar-refractivity contribution in [1.29, 1.82) is 0 Å². The van der Waals surface area contributed by atoms with Gasteiger partial charge in [-0.15, -0.1) is 0 Å². The van der Waals surface area contributed by atoms with E-state index in [2.05, 4.69) is 4.90 Å². The number of para-hydroxylation sites is 1. The van der Waals surface area contributed by atoms with Crippen molar-refractivity contribution in [3.8, 4) is 16.9 Å². The van der Waals surface area contributed by atoms with E-state index in [9.17, 15) is 13.6 Å². The van der Waals surface area contributed by atoms with Gasteiger partial charge in [-0.1, -0.05) is 24.3 Å². The molecule has 1 amide bonds. The van der Waals surface area contributed by atoms with Crippen LogP contribution in [0.3, 0.4) is 0 Å². The number of hydrogen-bond donors (Lipinski definition) is 0. The molecule has 5 rings (SSSR count). The summed E-state index contributed by atoms with van der Waals surface area (Å²) in [5.41, 5.74) is 2.86. The SMILES string of the molecule is COc1ccccc1-c1ccc(N2CCC2)nc1CN1C(=O)O[C@H](c2ccc(F)c(F)c2)C1C. The number of nitrogens with zero attached hydrogens (tertiary/aromatic N) is 3. The van der Waals surface area contributed by atoms with Crippen molar-refractivity contribution in [3.05, 3.63) is 77.5 Å². The number of halogens is 2. The summed E-state index contributed by atoms with van der Waals surface area (Å²) in [7, 11) is 1.62. The van der Waals surface area contributed by atoms with Gasteiger partial charge in [-0.3, -0.25) is 4.90 Å². The highest BCUT2D eigenvalue weighted by Gasteiger charge is 2.40. The molecule has 8 heteroatoms. The Morgan fingerprint density at radius 2 is 1.85 bits per heavy atom. The monoisotopic (exact) mass is 465 g/mol. The molecule has 2 saturated heterocycles. The maximum Gasteiger partial charge on any atom is 0.411 e. The lowest BCUT2D eigenvalue weighted by molar-refractivity contribution is 0.130. The van der Waals surface area contributed by atoms with E-state index in [1.807, 2.05) is 43.3 Å². The van der Waals surface area contributed by atoms with Gasteiger partial charge in [0, 0.05) is 24.2 Å². The predicted molar refractivity (Wildman–Crippen MR) is 124 cm³/mol. The van der Waals surface area contributed by atoms with E-state index in [0.717, 1.165) is 48.6 Å². The third-order valence-corrected chi connectivity index (χ3v) is 6.52. The molecule has 3 aromatic rings. The van der Waals surface area contributed by atoms with Gasteiger partial charge in [-0.05, 0) is 49.2 Å². The van der Waals surface area contributed by atoms with Crippen molar-refractivity contribution in [3.63, 3.8) is 0 Å². The van der Waals surface area contributed by atoms with Crippen LogP contribution in [0.5, 0.6) is 5.75 Å². The minimum absolute atomic E-state index is 0.204. The van der Waals surface area contributed by atoms with Gasteiger partial charge >= 0.3 is 6.09 Å². The largest absolute Gasteiger partial charge is 0.496 e. The average Bonchev–Trinajstić information content (AvgIpc) is 3.08. The lowest BCUT2D eigenvalue weighted by Crippen LogP contribution is -2.38. The van der Waals surface area contributed by atoms with Gasteiger partial charge in [0.25, 0.3) is 0 Å². The molecule has 2 aliphatic heterocycles. The minimum atomic E-state index is -0.971. The fourth-order valence-electron chi connectivity index (χ4n) is 4.45. The second-order valence-corrected chi connectivity index (χ2v) is 8.55. The molecule has 2 aromatic carbocycles. The maximum atomic E-state index is 13.8. The Morgan fingerprint density at radius 3 is 2.56 bits per heavy atom. The fraction of sp³-hybridized carbons (Fsp3) is 0.308. The average molecular weight is 466 g/mol. The molecular formula is C26H25F2N3O3. The molecular weight excluding hydrogens is 440 g/mol. The van der Waals surface area contributed by atoms with Crippen molar-refractivity contribution < 1.29 is 23.0 Å². The Hall–Kier alpha value is -3.68. The molecule has 0 spiro atoms. The topological polar surface area (TPSA) is 54.9 Å². The van der Waals surface area contributed by atoms with Gasteiger partial charge in [0.05, 0.1) is 25.4 Å². The Labute approximate surface area is 196 Å². The fourth-order valence-corrected chi connectivity index (χ4v) is 4.45. The van der Waals surface area contributed by atoms with Gasteiger partial charge in [-0.2, -0.15) is 0 Å². The number of hydrogen-bond acceptors (Lipinski definition) is 5. The Kier molecular flexibility index (Phi) is 5.81. The van der Waals surface area contributed by atoms with Crippen LogP contribution in [0, 0.1) is 11.6 Å². The summed E-state index contributed by atoms with van der Waals surface area (Å²) in [6.45, 7) is 3.93. The van der Waals surface area contributed by atoms with Crippen LogP contribution >= 0.6 is 0 Å². The number of ether oxygens (including phenoxy) is 2. The molecule has 2 fully saturated rings. The highest BCUT2D eigenvalue weighted by molar-refractivity contribution is 5.75. The van der Waals surface area contributed by atoms with Crippen molar-refractivity contribution in [2.75, 3.05) is 25.1 Å². The van der Waals surface area contributed by atoms with Crippen LogP contribution in [0.2, 0.25) is 0 Å². The minimum Gasteiger partial charge on any atom is -0.496 e. The lowest BCUT2D eigenvalue weighted by atomic mass is 10.0. The second kappa shape index (κ2) is 8.93. The number of cyclic esters (lactones) is 1. The number of aromatic nitrogens is 1. The molecule has 0 bridgehead atoms. The Morgan fingerprint density at radius 1 is 1.06 bits per heavy atom. The number of carbonyl (C=O) groups is 1. The molecule has 2 aliphatic rings. The first-order chi connectivity index (χ1) is 16.5. The van der Waals surface area contributed by atoms with E-state index in [-0.39, 0.29) is 6.54 Å². The zero-order chi connectivity index (χ0) is 23.8. The predicted octanol–water partition coefficient (Wildman–Crippen LogP) is 5.33. The van der Waals surface area contributed by atoms with Gasteiger partial charge in [-0.25, -0.2) is 18.6 Å². The van der Waals surface area contributed by atoms with E-state index in [0.29, 0.717) is 17.0 Å². The highest BCUT2D eigenvalue weighted by Crippen LogP contribution is 2.37. The molecule has 0 N–H and O–H groups in total. The zero-order valence-electron chi connectivity index (χ0n) is 19.0. The number of amides is 1. The van der Waals surface area contributed by atoms with Gasteiger partial charge in [0.2, 0.25) is 0 Å². The number of rotatable bonds is 6. The quantitative estimate of drug-likeness (QED) is 0.493. The molecule has 176 valence electrons. The van der Waals surface area contributed by atoms with Crippen molar-refractivity contribution in [1.82, 2.24) is 9.88 Å². The summed E-state index contributed by atoms with van der Waals surface area (Å²) < 4.78 is 38.4. The second-order valence-electron chi connectivity index (χ2n) is 8.55. The number of pyridine rings is 1. The summed E-state index contributed by atoms with van der Waals surface area (Å²) in [6.07, 6.45) is -0.114. The third kappa shape index (κ3) is 3.93. The normalized spacial score (nSPS) is 19.7. The standard InChI is InChI=1S/C26H25F2N3O3/c1-16-25(17-8-10-20(27)21(28)14-17)34-26(32)31(16)15-22-18(19-6-3-4-7-23(19)33-2)9-11-24(29-22)30-12-5-13-30/h3-4,6-11,14,16,25H,5,12-13,15H2,1-2H3/t16?,25-/m0/s1. The lowest BCUT2D eigenvalue weighted by Gasteiger charge is -2.33. The van der Waals surface area contributed by atoms with Crippen LogP contribution in [0.1, 0.15) is 30.7 Å². The van der Waals surface area contributed by atoms with Crippen LogP contribution in [-0.4, -0.2) is 42.2 Å². The summed E-state index contributed by atoms with van der Waals surface area (Å²) in [4.78, 5) is 21.5. The van der Waals surface area contributed by atoms with Gasteiger partial charge in [0.15, 0.2) is 11.6 Å². The Bertz CT molecular complexity index is 1230. The first-order valence-corrected chi connectivity index (χ1v) is 11.3. The van der Waals surface area contributed by atoms with Gasteiger partial charge in [0.1, 0.15) is 17.7 Å². The number of anilines is 1. The third-order valence-electron chi connectivity index (χ3n) is 6.52. The van der Waals surface area contributed by atoms with Crippen LogP contribution in [0.15, 0.2) is 54.6 Å². The van der Waals surface area contributed by atoms with E-state index in [1.165, 1.54) is 6.07 Å². The molecule has 2 atom stereocenters. The molecule has 0 aliphatic carbocycles. The van der Waals surface area contributed by atoms with E-state index < -0.39 is 29.9 Å². The maximum absolute atomic E-state index is 13.8. The molecule has 0 saturated carbocycles.